The smallest absolute Gasteiger partial charge is 0.0393 e. The van der Waals surface area contributed by atoms with Crippen LogP contribution in [0.3, 0.4) is 0 Å². The van der Waals surface area contributed by atoms with Gasteiger partial charge in [-0.2, -0.15) is 0 Å². The molecule has 0 unspecified atom stereocenters. The molecule has 4 N–H and O–H groups in total. The molecular weight excluding hydrogens is 196 g/mol. The largest absolute Gasteiger partial charge is 0.398 e. The Morgan fingerprint density at radius 3 is 2.31 bits per heavy atom. The van der Waals surface area contributed by atoms with Gasteiger partial charge < -0.3 is 11.5 Å². The summed E-state index contributed by atoms with van der Waals surface area (Å²) in [6.07, 6.45) is 0. The van der Waals surface area contributed by atoms with Gasteiger partial charge in [-0.25, -0.2) is 0 Å². The van der Waals surface area contributed by atoms with Crippen molar-refractivity contribution in [2.45, 2.75) is 13.5 Å². The number of aryl methyl sites for hydroxylation is 1. The molecule has 0 aliphatic carbocycles. The van der Waals surface area contributed by atoms with Crippen molar-refractivity contribution < 1.29 is 0 Å². The van der Waals surface area contributed by atoms with Gasteiger partial charge in [-0.05, 0) is 30.2 Å². The lowest BCUT2D eigenvalue weighted by atomic mass is 10.0. The van der Waals surface area contributed by atoms with E-state index in [0.717, 1.165) is 22.4 Å². The SMILES string of the molecule is Cc1ccc(N)c(-c2ccc(CN)cc2)c1. The van der Waals surface area contributed by atoms with E-state index in [2.05, 4.69) is 25.1 Å². The Bertz CT molecular complexity index is 487. The molecule has 2 aromatic rings. The highest BCUT2D eigenvalue weighted by Gasteiger charge is 2.02. The van der Waals surface area contributed by atoms with Gasteiger partial charge in [0, 0.05) is 17.8 Å². The van der Waals surface area contributed by atoms with Crippen LogP contribution in [-0.4, -0.2) is 0 Å². The van der Waals surface area contributed by atoms with Crippen LogP contribution in [0.5, 0.6) is 0 Å². The van der Waals surface area contributed by atoms with Gasteiger partial charge in [0.25, 0.3) is 0 Å². The number of nitrogens with two attached hydrogens (primary N) is 2. The third kappa shape index (κ3) is 2.07. The summed E-state index contributed by atoms with van der Waals surface area (Å²) in [7, 11) is 0. The molecule has 0 saturated carbocycles. The lowest BCUT2D eigenvalue weighted by Crippen LogP contribution is -1.96. The molecule has 2 aromatic carbocycles. The van der Waals surface area contributed by atoms with E-state index >= 15 is 0 Å². The fraction of sp³-hybridized carbons (Fsp3) is 0.143. The number of anilines is 1. The maximum absolute atomic E-state index is 5.97. The zero-order valence-electron chi connectivity index (χ0n) is 9.40. The summed E-state index contributed by atoms with van der Waals surface area (Å²) in [5.74, 6) is 0. The third-order valence-corrected chi connectivity index (χ3v) is 2.71. The molecule has 0 bridgehead atoms. The summed E-state index contributed by atoms with van der Waals surface area (Å²) in [4.78, 5) is 0. The average molecular weight is 212 g/mol. The predicted molar refractivity (Wildman–Crippen MR) is 68.9 cm³/mol. The highest BCUT2D eigenvalue weighted by molar-refractivity contribution is 5.76. The van der Waals surface area contributed by atoms with Crippen molar-refractivity contribution in [2.75, 3.05) is 5.73 Å². The molecule has 0 amide bonds. The summed E-state index contributed by atoms with van der Waals surface area (Å²) in [5.41, 5.74) is 16.9. The molecule has 2 heteroatoms. The second-order valence-corrected chi connectivity index (χ2v) is 3.99. The molecule has 0 aliphatic heterocycles. The molecule has 0 aromatic heterocycles. The van der Waals surface area contributed by atoms with E-state index in [1.807, 2.05) is 24.3 Å². The molecule has 0 fully saturated rings. The molecule has 0 radical (unpaired) electrons. The van der Waals surface area contributed by atoms with Crippen molar-refractivity contribution >= 4 is 5.69 Å². The lowest BCUT2D eigenvalue weighted by molar-refractivity contribution is 1.07. The van der Waals surface area contributed by atoms with Crippen LogP contribution in [0, 0.1) is 6.92 Å². The molecule has 0 spiro atoms. The van der Waals surface area contributed by atoms with Crippen LogP contribution in [0.15, 0.2) is 42.5 Å². The van der Waals surface area contributed by atoms with Gasteiger partial charge in [0.15, 0.2) is 0 Å². The van der Waals surface area contributed by atoms with Gasteiger partial charge in [-0.3, -0.25) is 0 Å². The number of hydrogen-bond donors (Lipinski definition) is 2. The zero-order valence-corrected chi connectivity index (χ0v) is 9.40. The molecule has 2 rings (SSSR count). The topological polar surface area (TPSA) is 52.0 Å². The van der Waals surface area contributed by atoms with Gasteiger partial charge >= 0.3 is 0 Å². The molecule has 0 saturated heterocycles. The van der Waals surface area contributed by atoms with Crippen molar-refractivity contribution in [1.29, 1.82) is 0 Å². The molecular formula is C14H16N2. The Kier molecular flexibility index (Phi) is 2.93. The van der Waals surface area contributed by atoms with E-state index in [1.54, 1.807) is 0 Å². The van der Waals surface area contributed by atoms with E-state index in [0.29, 0.717) is 6.54 Å². The Morgan fingerprint density at radius 1 is 1.00 bits per heavy atom. The number of nitrogen functional groups attached to an aromatic ring is 1. The van der Waals surface area contributed by atoms with Crippen LogP contribution in [0.4, 0.5) is 5.69 Å². The highest BCUT2D eigenvalue weighted by atomic mass is 14.6. The number of rotatable bonds is 2. The van der Waals surface area contributed by atoms with Crippen molar-refractivity contribution in [2.24, 2.45) is 5.73 Å². The van der Waals surface area contributed by atoms with Crippen LogP contribution in [0.25, 0.3) is 11.1 Å². The first-order valence-electron chi connectivity index (χ1n) is 5.36. The van der Waals surface area contributed by atoms with E-state index in [4.69, 9.17) is 11.5 Å². The molecule has 82 valence electrons. The fourth-order valence-corrected chi connectivity index (χ4v) is 1.74. The Labute approximate surface area is 95.9 Å². The van der Waals surface area contributed by atoms with Gasteiger partial charge in [0.2, 0.25) is 0 Å². The maximum Gasteiger partial charge on any atom is 0.0393 e. The monoisotopic (exact) mass is 212 g/mol. The van der Waals surface area contributed by atoms with Gasteiger partial charge in [0.05, 0.1) is 0 Å². The lowest BCUT2D eigenvalue weighted by Gasteiger charge is -2.07. The minimum absolute atomic E-state index is 0.573. The van der Waals surface area contributed by atoms with E-state index < -0.39 is 0 Å². The van der Waals surface area contributed by atoms with Crippen molar-refractivity contribution in [3.05, 3.63) is 53.6 Å². The Morgan fingerprint density at radius 2 is 1.69 bits per heavy atom. The summed E-state index contributed by atoms with van der Waals surface area (Å²) in [6.45, 7) is 2.64. The average Bonchev–Trinajstić information content (AvgIpc) is 2.32. The van der Waals surface area contributed by atoms with Gasteiger partial charge in [-0.15, -0.1) is 0 Å². The first-order valence-corrected chi connectivity index (χ1v) is 5.36. The summed E-state index contributed by atoms with van der Waals surface area (Å²) >= 11 is 0. The number of hydrogen-bond acceptors (Lipinski definition) is 2. The standard InChI is InChI=1S/C14H16N2/c1-10-2-7-14(16)13(8-10)12-5-3-11(9-15)4-6-12/h2-8H,9,15-16H2,1H3. The Balaban J connectivity index is 2.45. The normalized spacial score (nSPS) is 10.4. The van der Waals surface area contributed by atoms with Gasteiger partial charge in [-0.1, -0.05) is 35.9 Å². The van der Waals surface area contributed by atoms with Crippen LogP contribution >= 0.6 is 0 Å². The van der Waals surface area contributed by atoms with Crippen LogP contribution in [-0.2, 0) is 6.54 Å². The van der Waals surface area contributed by atoms with Crippen LogP contribution < -0.4 is 11.5 Å². The van der Waals surface area contributed by atoms with Crippen LogP contribution in [0.2, 0.25) is 0 Å². The van der Waals surface area contributed by atoms with Crippen molar-refractivity contribution in [1.82, 2.24) is 0 Å². The molecule has 0 heterocycles. The second kappa shape index (κ2) is 4.37. The maximum atomic E-state index is 5.97. The fourth-order valence-electron chi connectivity index (χ4n) is 1.74. The van der Waals surface area contributed by atoms with Crippen molar-refractivity contribution in [3.8, 4) is 11.1 Å². The first kappa shape index (κ1) is 10.7. The summed E-state index contributed by atoms with van der Waals surface area (Å²) in [5, 5.41) is 0. The van der Waals surface area contributed by atoms with Crippen molar-refractivity contribution in [3.63, 3.8) is 0 Å². The summed E-state index contributed by atoms with van der Waals surface area (Å²) in [6, 6.07) is 14.3. The van der Waals surface area contributed by atoms with E-state index in [9.17, 15) is 0 Å². The zero-order chi connectivity index (χ0) is 11.5. The highest BCUT2D eigenvalue weighted by Crippen LogP contribution is 2.26. The predicted octanol–water partition coefficient (Wildman–Crippen LogP) is 2.70. The third-order valence-electron chi connectivity index (χ3n) is 2.71. The molecule has 2 nitrogen and oxygen atoms in total. The molecule has 0 aliphatic rings. The minimum Gasteiger partial charge on any atom is -0.398 e. The van der Waals surface area contributed by atoms with E-state index in [-0.39, 0.29) is 0 Å². The van der Waals surface area contributed by atoms with E-state index in [1.165, 1.54) is 5.56 Å². The quantitative estimate of drug-likeness (QED) is 0.752. The van der Waals surface area contributed by atoms with Gasteiger partial charge in [0.1, 0.15) is 0 Å². The Hall–Kier alpha value is -1.80. The molecule has 16 heavy (non-hydrogen) atoms. The molecule has 0 atom stereocenters. The first-order chi connectivity index (χ1) is 7.70. The van der Waals surface area contributed by atoms with Crippen LogP contribution in [0.1, 0.15) is 11.1 Å². The minimum atomic E-state index is 0.573. The summed E-state index contributed by atoms with van der Waals surface area (Å²) < 4.78 is 0. The second-order valence-electron chi connectivity index (χ2n) is 3.99. The number of benzene rings is 2.